The summed E-state index contributed by atoms with van der Waals surface area (Å²) in [5.74, 6) is -0.359. The fraction of sp³-hybridized carbons (Fsp3) is 0.714. The standard InChI is InChI=1S/C14H21N5O2S/c1-10-16-17-14(22-10)19-9-11(8-12(19)20)13(21)15-4-7-18-5-2-3-6-18/h11H,2-9H2,1H3,(H,15,21). The number of amides is 2. The Morgan fingerprint density at radius 1 is 1.36 bits per heavy atom. The van der Waals surface area contributed by atoms with E-state index in [1.165, 1.54) is 24.2 Å². The van der Waals surface area contributed by atoms with Crippen molar-refractivity contribution >= 4 is 28.3 Å². The third-order valence-corrected chi connectivity index (χ3v) is 5.03. The summed E-state index contributed by atoms with van der Waals surface area (Å²) < 4.78 is 0. The summed E-state index contributed by atoms with van der Waals surface area (Å²) in [7, 11) is 0. The number of hydrogen-bond donors (Lipinski definition) is 1. The Bertz CT molecular complexity index is 555. The zero-order valence-electron chi connectivity index (χ0n) is 12.7. The maximum absolute atomic E-state index is 12.2. The van der Waals surface area contributed by atoms with Crippen molar-refractivity contribution in [2.75, 3.05) is 37.6 Å². The van der Waals surface area contributed by atoms with Crippen LogP contribution >= 0.6 is 11.3 Å². The molecule has 0 saturated carbocycles. The summed E-state index contributed by atoms with van der Waals surface area (Å²) in [5, 5.41) is 12.3. The van der Waals surface area contributed by atoms with E-state index >= 15 is 0 Å². The monoisotopic (exact) mass is 323 g/mol. The predicted octanol–water partition coefficient (Wildman–Crippen LogP) is 0.411. The normalized spacial score (nSPS) is 22.5. The van der Waals surface area contributed by atoms with Gasteiger partial charge in [-0.15, -0.1) is 10.2 Å². The van der Waals surface area contributed by atoms with Crippen LogP contribution in [0.15, 0.2) is 0 Å². The molecule has 1 atom stereocenters. The van der Waals surface area contributed by atoms with Gasteiger partial charge in [-0.3, -0.25) is 14.5 Å². The minimum atomic E-state index is -0.282. The molecule has 2 saturated heterocycles. The molecule has 22 heavy (non-hydrogen) atoms. The number of aromatic nitrogens is 2. The number of carbonyl (C=O) groups excluding carboxylic acids is 2. The molecule has 120 valence electrons. The molecule has 2 fully saturated rings. The lowest BCUT2D eigenvalue weighted by molar-refractivity contribution is -0.126. The summed E-state index contributed by atoms with van der Waals surface area (Å²) >= 11 is 1.38. The van der Waals surface area contributed by atoms with Crippen LogP contribution in [0.1, 0.15) is 24.3 Å². The third kappa shape index (κ3) is 3.44. The molecule has 7 nitrogen and oxygen atoms in total. The van der Waals surface area contributed by atoms with Crippen molar-refractivity contribution in [3.8, 4) is 0 Å². The van der Waals surface area contributed by atoms with Gasteiger partial charge in [-0.25, -0.2) is 0 Å². The second-order valence-corrected chi connectivity index (χ2v) is 7.01. The lowest BCUT2D eigenvalue weighted by Crippen LogP contribution is -2.37. The molecular formula is C14H21N5O2S. The van der Waals surface area contributed by atoms with E-state index in [2.05, 4.69) is 20.4 Å². The molecule has 2 aliphatic heterocycles. The number of carbonyl (C=O) groups is 2. The fourth-order valence-corrected chi connectivity index (χ4v) is 3.67. The SMILES string of the molecule is Cc1nnc(N2CC(C(=O)NCCN3CCCC3)CC2=O)s1. The van der Waals surface area contributed by atoms with E-state index in [0.717, 1.165) is 24.6 Å². The molecule has 2 aliphatic rings. The van der Waals surface area contributed by atoms with Gasteiger partial charge >= 0.3 is 0 Å². The van der Waals surface area contributed by atoms with Gasteiger partial charge in [-0.1, -0.05) is 11.3 Å². The molecule has 0 radical (unpaired) electrons. The summed E-state index contributed by atoms with van der Waals surface area (Å²) in [4.78, 5) is 28.2. The highest BCUT2D eigenvalue weighted by Gasteiger charge is 2.36. The third-order valence-electron chi connectivity index (χ3n) is 4.17. The Hall–Kier alpha value is -1.54. The van der Waals surface area contributed by atoms with Gasteiger partial charge in [0, 0.05) is 26.1 Å². The van der Waals surface area contributed by atoms with Crippen molar-refractivity contribution in [1.29, 1.82) is 0 Å². The van der Waals surface area contributed by atoms with Gasteiger partial charge in [0.1, 0.15) is 5.01 Å². The fourth-order valence-electron chi connectivity index (χ4n) is 2.95. The molecule has 3 rings (SSSR count). The van der Waals surface area contributed by atoms with E-state index in [4.69, 9.17) is 0 Å². The van der Waals surface area contributed by atoms with Gasteiger partial charge in [0.2, 0.25) is 16.9 Å². The molecule has 0 spiro atoms. The van der Waals surface area contributed by atoms with Crippen LogP contribution < -0.4 is 10.2 Å². The van der Waals surface area contributed by atoms with Crippen LogP contribution in [0.2, 0.25) is 0 Å². The molecule has 0 aromatic carbocycles. The number of hydrogen-bond acceptors (Lipinski definition) is 6. The second-order valence-electron chi connectivity index (χ2n) is 5.85. The quantitative estimate of drug-likeness (QED) is 0.849. The predicted molar refractivity (Wildman–Crippen MR) is 83.8 cm³/mol. The summed E-state index contributed by atoms with van der Waals surface area (Å²) in [6.45, 7) is 6.06. The Morgan fingerprint density at radius 2 is 2.14 bits per heavy atom. The summed E-state index contributed by atoms with van der Waals surface area (Å²) in [5.41, 5.74) is 0. The van der Waals surface area contributed by atoms with Gasteiger partial charge in [0.15, 0.2) is 0 Å². The molecule has 2 amide bonds. The first-order chi connectivity index (χ1) is 10.6. The van der Waals surface area contributed by atoms with Crippen molar-refractivity contribution < 1.29 is 9.59 Å². The van der Waals surface area contributed by atoms with Crippen molar-refractivity contribution in [1.82, 2.24) is 20.4 Å². The number of anilines is 1. The first-order valence-corrected chi connectivity index (χ1v) is 8.55. The highest BCUT2D eigenvalue weighted by atomic mass is 32.1. The van der Waals surface area contributed by atoms with Gasteiger partial charge < -0.3 is 10.2 Å². The topological polar surface area (TPSA) is 78.4 Å². The lowest BCUT2D eigenvalue weighted by atomic mass is 10.1. The first kappa shape index (κ1) is 15.4. The molecule has 3 heterocycles. The zero-order chi connectivity index (χ0) is 15.5. The average Bonchev–Trinajstić information content (AvgIpc) is 3.20. The van der Waals surface area contributed by atoms with Gasteiger partial charge in [0.05, 0.1) is 5.92 Å². The Morgan fingerprint density at radius 3 is 2.82 bits per heavy atom. The van der Waals surface area contributed by atoms with Crippen molar-refractivity contribution in [2.24, 2.45) is 5.92 Å². The van der Waals surface area contributed by atoms with Crippen LogP contribution in [-0.4, -0.2) is 59.6 Å². The second kappa shape index (κ2) is 6.70. The van der Waals surface area contributed by atoms with Crippen LogP contribution in [0.3, 0.4) is 0 Å². The van der Waals surface area contributed by atoms with Gasteiger partial charge in [-0.05, 0) is 32.9 Å². The van der Waals surface area contributed by atoms with Gasteiger partial charge in [-0.2, -0.15) is 0 Å². The molecule has 1 aromatic heterocycles. The molecule has 0 aliphatic carbocycles. The van der Waals surface area contributed by atoms with Crippen molar-refractivity contribution in [2.45, 2.75) is 26.2 Å². The number of nitrogens with one attached hydrogen (secondary N) is 1. The summed E-state index contributed by atoms with van der Waals surface area (Å²) in [6, 6.07) is 0. The highest BCUT2D eigenvalue weighted by Crippen LogP contribution is 2.27. The zero-order valence-corrected chi connectivity index (χ0v) is 13.6. The highest BCUT2D eigenvalue weighted by molar-refractivity contribution is 7.15. The molecular weight excluding hydrogens is 302 g/mol. The molecule has 8 heteroatoms. The lowest BCUT2D eigenvalue weighted by Gasteiger charge is -2.16. The maximum Gasteiger partial charge on any atom is 0.229 e. The van der Waals surface area contributed by atoms with Crippen LogP contribution in [0.5, 0.6) is 0 Å². The van der Waals surface area contributed by atoms with E-state index in [1.807, 2.05) is 6.92 Å². The molecule has 1 unspecified atom stereocenters. The number of aryl methyl sites for hydroxylation is 1. The minimum Gasteiger partial charge on any atom is -0.355 e. The van der Waals surface area contributed by atoms with E-state index in [9.17, 15) is 9.59 Å². The van der Waals surface area contributed by atoms with Crippen LogP contribution in [0, 0.1) is 12.8 Å². The van der Waals surface area contributed by atoms with Crippen LogP contribution in [0.25, 0.3) is 0 Å². The van der Waals surface area contributed by atoms with E-state index in [-0.39, 0.29) is 24.2 Å². The maximum atomic E-state index is 12.2. The van der Waals surface area contributed by atoms with E-state index in [0.29, 0.717) is 18.2 Å². The van der Waals surface area contributed by atoms with Gasteiger partial charge in [0.25, 0.3) is 0 Å². The van der Waals surface area contributed by atoms with Crippen LogP contribution in [0.4, 0.5) is 5.13 Å². The van der Waals surface area contributed by atoms with Crippen molar-refractivity contribution in [3.63, 3.8) is 0 Å². The van der Waals surface area contributed by atoms with Crippen molar-refractivity contribution in [3.05, 3.63) is 5.01 Å². The Kier molecular flexibility index (Phi) is 4.68. The smallest absolute Gasteiger partial charge is 0.229 e. The first-order valence-electron chi connectivity index (χ1n) is 7.74. The number of rotatable bonds is 5. The molecule has 0 bridgehead atoms. The summed E-state index contributed by atoms with van der Waals surface area (Å²) in [6.07, 6.45) is 2.76. The number of likely N-dealkylation sites (tertiary alicyclic amines) is 1. The Balaban J connectivity index is 1.48. The van der Waals surface area contributed by atoms with E-state index in [1.54, 1.807) is 4.90 Å². The number of nitrogens with zero attached hydrogens (tertiary/aromatic N) is 4. The average molecular weight is 323 g/mol. The molecule has 1 aromatic rings. The van der Waals surface area contributed by atoms with Crippen LogP contribution in [-0.2, 0) is 9.59 Å². The van der Waals surface area contributed by atoms with E-state index < -0.39 is 0 Å². The Labute approximate surface area is 133 Å². The molecule has 1 N–H and O–H groups in total. The minimum absolute atomic E-state index is 0.0312. The largest absolute Gasteiger partial charge is 0.355 e.